The van der Waals surface area contributed by atoms with Crippen LogP contribution in [0.25, 0.3) is 11.4 Å². The van der Waals surface area contributed by atoms with Crippen LogP contribution < -0.4 is 9.47 Å². The van der Waals surface area contributed by atoms with Crippen LogP contribution in [0.2, 0.25) is 0 Å². The first-order valence-electron chi connectivity index (χ1n) is 8.14. The van der Waals surface area contributed by atoms with Crippen molar-refractivity contribution < 1.29 is 13.9 Å². The largest absolute Gasteiger partial charge is 0.494 e. The first kappa shape index (κ1) is 16.9. The molecule has 25 heavy (non-hydrogen) atoms. The number of tetrazole rings is 1. The summed E-state index contributed by atoms with van der Waals surface area (Å²) in [5.74, 6) is 1.63. The predicted molar refractivity (Wildman–Crippen MR) is 90.9 cm³/mol. The second-order valence-electron chi connectivity index (χ2n) is 5.39. The van der Waals surface area contributed by atoms with Gasteiger partial charge in [0.05, 0.1) is 13.2 Å². The minimum Gasteiger partial charge on any atom is -0.494 e. The lowest BCUT2D eigenvalue weighted by atomic mass is 10.2. The third kappa shape index (κ3) is 4.76. The highest BCUT2D eigenvalue weighted by Gasteiger charge is 2.07. The standard InChI is InChI=1S/C18H19FN4O2/c1-2-11-24-16-6-8-17(9-7-16)25-12-10-23-21-18(20-22-23)14-4-3-5-15(19)13-14/h3-9,13H,2,10-12H2,1H3. The Morgan fingerprint density at radius 2 is 1.72 bits per heavy atom. The third-order valence-corrected chi connectivity index (χ3v) is 3.39. The van der Waals surface area contributed by atoms with Gasteiger partial charge in [-0.2, -0.15) is 4.80 Å². The minimum atomic E-state index is -0.330. The van der Waals surface area contributed by atoms with Crippen molar-refractivity contribution in [2.45, 2.75) is 19.9 Å². The second-order valence-corrected chi connectivity index (χ2v) is 5.39. The normalized spacial score (nSPS) is 10.6. The van der Waals surface area contributed by atoms with Gasteiger partial charge in [0.1, 0.15) is 23.9 Å². The van der Waals surface area contributed by atoms with Gasteiger partial charge in [0.25, 0.3) is 0 Å². The lowest BCUT2D eigenvalue weighted by Gasteiger charge is -2.07. The fourth-order valence-electron chi connectivity index (χ4n) is 2.18. The monoisotopic (exact) mass is 342 g/mol. The molecule has 0 aliphatic heterocycles. The van der Waals surface area contributed by atoms with Gasteiger partial charge in [-0.1, -0.05) is 19.1 Å². The molecule has 0 aliphatic rings. The molecular weight excluding hydrogens is 323 g/mol. The molecule has 3 aromatic rings. The zero-order chi connectivity index (χ0) is 17.5. The van der Waals surface area contributed by atoms with Crippen LogP contribution >= 0.6 is 0 Å². The molecule has 0 atom stereocenters. The molecule has 0 fully saturated rings. The Bertz CT molecular complexity index is 805. The molecular formula is C18H19FN4O2. The molecule has 1 aromatic heterocycles. The van der Waals surface area contributed by atoms with Gasteiger partial charge in [0, 0.05) is 5.56 Å². The van der Waals surface area contributed by atoms with Crippen LogP contribution in [-0.4, -0.2) is 33.4 Å². The maximum Gasteiger partial charge on any atom is 0.205 e. The molecule has 130 valence electrons. The van der Waals surface area contributed by atoms with Gasteiger partial charge < -0.3 is 9.47 Å². The Labute approximate surface area is 145 Å². The number of hydrogen-bond acceptors (Lipinski definition) is 5. The summed E-state index contributed by atoms with van der Waals surface area (Å²) >= 11 is 0. The van der Waals surface area contributed by atoms with Crippen molar-refractivity contribution in [1.29, 1.82) is 0 Å². The number of aromatic nitrogens is 4. The van der Waals surface area contributed by atoms with Gasteiger partial charge in [-0.05, 0) is 48.0 Å². The molecule has 0 saturated carbocycles. The van der Waals surface area contributed by atoms with Gasteiger partial charge in [0.15, 0.2) is 0 Å². The van der Waals surface area contributed by atoms with E-state index in [1.807, 2.05) is 24.3 Å². The maximum atomic E-state index is 13.2. The fourth-order valence-corrected chi connectivity index (χ4v) is 2.18. The van der Waals surface area contributed by atoms with Crippen molar-refractivity contribution >= 4 is 0 Å². The van der Waals surface area contributed by atoms with E-state index in [4.69, 9.17) is 9.47 Å². The third-order valence-electron chi connectivity index (χ3n) is 3.39. The van der Waals surface area contributed by atoms with E-state index in [-0.39, 0.29) is 5.82 Å². The van der Waals surface area contributed by atoms with Gasteiger partial charge in [-0.25, -0.2) is 4.39 Å². The molecule has 7 heteroatoms. The van der Waals surface area contributed by atoms with E-state index in [0.717, 1.165) is 17.9 Å². The minimum absolute atomic E-state index is 0.330. The van der Waals surface area contributed by atoms with Crippen LogP contribution in [-0.2, 0) is 6.54 Å². The Morgan fingerprint density at radius 3 is 2.40 bits per heavy atom. The first-order chi connectivity index (χ1) is 12.2. The molecule has 0 unspecified atom stereocenters. The lowest BCUT2D eigenvalue weighted by Crippen LogP contribution is -2.11. The van der Waals surface area contributed by atoms with E-state index < -0.39 is 0 Å². The van der Waals surface area contributed by atoms with E-state index in [0.29, 0.717) is 31.1 Å². The summed E-state index contributed by atoms with van der Waals surface area (Å²) in [7, 11) is 0. The summed E-state index contributed by atoms with van der Waals surface area (Å²) in [6, 6.07) is 13.6. The Balaban J connectivity index is 1.51. The average molecular weight is 342 g/mol. The number of halogens is 1. The fraction of sp³-hybridized carbons (Fsp3) is 0.278. The van der Waals surface area contributed by atoms with Crippen LogP contribution in [0.5, 0.6) is 11.5 Å². The summed E-state index contributed by atoms with van der Waals surface area (Å²) in [6.07, 6.45) is 0.973. The van der Waals surface area contributed by atoms with E-state index in [1.165, 1.54) is 16.9 Å². The summed E-state index contributed by atoms with van der Waals surface area (Å²) in [5, 5.41) is 12.1. The quantitative estimate of drug-likeness (QED) is 0.628. The smallest absolute Gasteiger partial charge is 0.205 e. The number of nitrogens with zero attached hydrogens (tertiary/aromatic N) is 4. The highest BCUT2D eigenvalue weighted by molar-refractivity contribution is 5.53. The molecule has 0 N–H and O–H groups in total. The van der Waals surface area contributed by atoms with Crippen molar-refractivity contribution in [3.8, 4) is 22.9 Å². The Morgan fingerprint density at radius 1 is 1.00 bits per heavy atom. The molecule has 0 saturated heterocycles. The highest BCUT2D eigenvalue weighted by Crippen LogP contribution is 2.18. The molecule has 0 bridgehead atoms. The lowest BCUT2D eigenvalue weighted by molar-refractivity contribution is 0.279. The summed E-state index contributed by atoms with van der Waals surface area (Å²) in [4.78, 5) is 1.43. The van der Waals surface area contributed by atoms with Crippen LogP contribution in [0.4, 0.5) is 4.39 Å². The molecule has 1 heterocycles. The highest BCUT2D eigenvalue weighted by atomic mass is 19.1. The average Bonchev–Trinajstić information content (AvgIpc) is 3.10. The Hall–Kier alpha value is -2.96. The van der Waals surface area contributed by atoms with Crippen LogP contribution in [0, 0.1) is 5.82 Å². The topological polar surface area (TPSA) is 62.1 Å². The van der Waals surface area contributed by atoms with Crippen LogP contribution in [0.1, 0.15) is 13.3 Å². The van der Waals surface area contributed by atoms with Crippen molar-refractivity contribution in [1.82, 2.24) is 20.2 Å². The number of benzene rings is 2. The SMILES string of the molecule is CCCOc1ccc(OCCn2nnc(-c3cccc(F)c3)n2)cc1. The predicted octanol–water partition coefficient (Wildman–Crippen LogP) is 3.35. The number of ether oxygens (including phenoxy) is 2. The zero-order valence-corrected chi connectivity index (χ0v) is 13.9. The van der Waals surface area contributed by atoms with E-state index in [2.05, 4.69) is 22.3 Å². The first-order valence-corrected chi connectivity index (χ1v) is 8.14. The van der Waals surface area contributed by atoms with Crippen molar-refractivity contribution in [2.24, 2.45) is 0 Å². The van der Waals surface area contributed by atoms with Crippen molar-refractivity contribution in [2.75, 3.05) is 13.2 Å². The Kier molecular flexibility index (Phi) is 5.56. The van der Waals surface area contributed by atoms with E-state index >= 15 is 0 Å². The molecule has 0 amide bonds. The van der Waals surface area contributed by atoms with Gasteiger partial charge in [0.2, 0.25) is 5.82 Å². The van der Waals surface area contributed by atoms with E-state index in [9.17, 15) is 4.39 Å². The number of hydrogen-bond donors (Lipinski definition) is 0. The van der Waals surface area contributed by atoms with Crippen molar-refractivity contribution in [3.63, 3.8) is 0 Å². The van der Waals surface area contributed by atoms with Crippen molar-refractivity contribution in [3.05, 3.63) is 54.3 Å². The van der Waals surface area contributed by atoms with Crippen LogP contribution in [0.15, 0.2) is 48.5 Å². The number of rotatable bonds is 8. The second kappa shape index (κ2) is 8.23. The van der Waals surface area contributed by atoms with Gasteiger partial charge in [-0.15, -0.1) is 10.2 Å². The van der Waals surface area contributed by atoms with Gasteiger partial charge >= 0.3 is 0 Å². The molecule has 2 aromatic carbocycles. The van der Waals surface area contributed by atoms with E-state index in [1.54, 1.807) is 12.1 Å². The molecule has 0 radical (unpaired) electrons. The molecule has 0 aliphatic carbocycles. The zero-order valence-electron chi connectivity index (χ0n) is 13.9. The molecule has 0 spiro atoms. The molecule has 3 rings (SSSR count). The summed E-state index contributed by atoms with van der Waals surface area (Å²) in [6.45, 7) is 3.60. The summed E-state index contributed by atoms with van der Waals surface area (Å²) in [5.41, 5.74) is 0.592. The summed E-state index contributed by atoms with van der Waals surface area (Å²) < 4.78 is 24.4. The molecule has 6 nitrogen and oxygen atoms in total. The van der Waals surface area contributed by atoms with Gasteiger partial charge in [-0.3, -0.25) is 0 Å². The van der Waals surface area contributed by atoms with Crippen LogP contribution in [0.3, 0.4) is 0 Å². The maximum absolute atomic E-state index is 13.2.